The lowest BCUT2D eigenvalue weighted by molar-refractivity contribution is 0.0517. The lowest BCUT2D eigenvalue weighted by atomic mass is 10.1. The first-order chi connectivity index (χ1) is 11.6. The van der Waals surface area contributed by atoms with Crippen molar-refractivity contribution in [2.75, 3.05) is 11.9 Å². The highest BCUT2D eigenvalue weighted by Crippen LogP contribution is 2.27. The number of carbonyl (C=O) groups excluding carboxylic acids is 1. The van der Waals surface area contributed by atoms with E-state index in [1.807, 2.05) is 18.2 Å². The number of fused-ring (bicyclic) bond motifs is 1. The second-order valence-corrected chi connectivity index (χ2v) is 5.23. The van der Waals surface area contributed by atoms with Gasteiger partial charge in [0.25, 0.3) is 5.71 Å². The number of nitrogens with zero attached hydrogens (tertiary/aromatic N) is 3. The summed E-state index contributed by atoms with van der Waals surface area (Å²) in [4.78, 5) is 20.7. The van der Waals surface area contributed by atoms with Crippen molar-refractivity contribution in [3.05, 3.63) is 41.3 Å². The van der Waals surface area contributed by atoms with Crippen molar-refractivity contribution >= 4 is 28.6 Å². The first-order valence-electron chi connectivity index (χ1n) is 7.79. The van der Waals surface area contributed by atoms with Gasteiger partial charge in [-0.2, -0.15) is 4.98 Å². The summed E-state index contributed by atoms with van der Waals surface area (Å²) in [5.74, 6) is 0.423. The van der Waals surface area contributed by atoms with Gasteiger partial charge in [0.15, 0.2) is 0 Å². The van der Waals surface area contributed by atoms with Gasteiger partial charge in [-0.05, 0) is 38.0 Å². The molecule has 0 fully saturated rings. The van der Waals surface area contributed by atoms with Gasteiger partial charge in [-0.3, -0.25) is 0 Å². The van der Waals surface area contributed by atoms with Crippen molar-refractivity contribution in [3.63, 3.8) is 0 Å². The van der Waals surface area contributed by atoms with Crippen LogP contribution in [0.25, 0.3) is 11.1 Å². The number of esters is 1. The molecule has 0 spiro atoms. The zero-order chi connectivity index (χ0) is 17.1. The number of hydrogen-bond acceptors (Lipinski definition) is 7. The Morgan fingerprint density at radius 3 is 2.88 bits per heavy atom. The molecule has 2 aromatic heterocycles. The molecule has 0 unspecified atom stereocenters. The number of nitrogens with one attached hydrogen (secondary N) is 1. The van der Waals surface area contributed by atoms with E-state index in [2.05, 4.69) is 33.4 Å². The van der Waals surface area contributed by atoms with Crippen LogP contribution in [-0.2, 0) is 11.2 Å². The first kappa shape index (κ1) is 15.9. The average molecular weight is 326 g/mol. The Labute approximate surface area is 139 Å². The van der Waals surface area contributed by atoms with Crippen molar-refractivity contribution in [1.82, 2.24) is 15.1 Å². The second kappa shape index (κ2) is 6.66. The summed E-state index contributed by atoms with van der Waals surface area (Å²) in [7, 11) is 0. The molecule has 3 aromatic rings. The number of carbonyl (C=O) groups is 1. The Morgan fingerprint density at radius 1 is 1.29 bits per heavy atom. The van der Waals surface area contributed by atoms with Crippen LogP contribution in [0.1, 0.15) is 35.7 Å². The van der Waals surface area contributed by atoms with Gasteiger partial charge >= 0.3 is 5.97 Å². The van der Waals surface area contributed by atoms with E-state index in [1.54, 1.807) is 13.8 Å². The fourth-order valence-electron chi connectivity index (χ4n) is 2.40. The molecule has 0 atom stereocenters. The fraction of sp³-hybridized carbons (Fsp3) is 0.294. The maximum Gasteiger partial charge on any atom is 0.361 e. The highest BCUT2D eigenvalue weighted by molar-refractivity contribution is 6.05. The minimum Gasteiger partial charge on any atom is -0.461 e. The van der Waals surface area contributed by atoms with Gasteiger partial charge in [0.1, 0.15) is 17.0 Å². The lowest BCUT2D eigenvalue weighted by Gasteiger charge is -2.09. The molecule has 7 nitrogen and oxygen atoms in total. The number of hydrogen-bond donors (Lipinski definition) is 1. The highest BCUT2D eigenvalue weighted by Gasteiger charge is 2.23. The van der Waals surface area contributed by atoms with Gasteiger partial charge in [0.05, 0.1) is 6.61 Å². The summed E-state index contributed by atoms with van der Waals surface area (Å²) < 4.78 is 10.2. The zero-order valence-corrected chi connectivity index (χ0v) is 13.8. The van der Waals surface area contributed by atoms with Crippen LogP contribution in [0, 0.1) is 6.92 Å². The fourth-order valence-corrected chi connectivity index (χ4v) is 2.40. The van der Waals surface area contributed by atoms with Crippen LogP contribution >= 0.6 is 0 Å². The summed E-state index contributed by atoms with van der Waals surface area (Å²) in [6, 6.07) is 7.97. The Bertz CT molecular complexity index is 889. The van der Waals surface area contributed by atoms with Crippen molar-refractivity contribution in [1.29, 1.82) is 0 Å². The quantitative estimate of drug-likeness (QED) is 0.718. The number of benzene rings is 1. The molecular weight excluding hydrogens is 308 g/mol. The summed E-state index contributed by atoms with van der Waals surface area (Å²) >= 11 is 0. The largest absolute Gasteiger partial charge is 0.461 e. The third kappa shape index (κ3) is 3.05. The minimum absolute atomic E-state index is 0.0704. The van der Waals surface area contributed by atoms with E-state index in [0.29, 0.717) is 17.0 Å². The summed E-state index contributed by atoms with van der Waals surface area (Å²) in [5.41, 5.74) is 2.38. The molecular formula is C17H18N4O3. The Kier molecular flexibility index (Phi) is 4.41. The van der Waals surface area contributed by atoms with Gasteiger partial charge in [-0.1, -0.05) is 24.2 Å². The van der Waals surface area contributed by atoms with E-state index in [1.165, 1.54) is 5.56 Å². The average Bonchev–Trinajstić information content (AvgIpc) is 2.99. The van der Waals surface area contributed by atoms with Crippen LogP contribution in [0.4, 0.5) is 11.5 Å². The summed E-state index contributed by atoms with van der Waals surface area (Å²) in [6.07, 6.45) is 0.926. The smallest absolute Gasteiger partial charge is 0.361 e. The molecule has 0 aliphatic heterocycles. The summed E-state index contributed by atoms with van der Waals surface area (Å²) in [5, 5.41) is 7.44. The van der Waals surface area contributed by atoms with Gasteiger partial charge < -0.3 is 14.6 Å². The molecule has 24 heavy (non-hydrogen) atoms. The van der Waals surface area contributed by atoms with E-state index in [9.17, 15) is 4.79 Å². The maximum atomic E-state index is 12.1. The predicted molar refractivity (Wildman–Crippen MR) is 89.4 cm³/mol. The van der Waals surface area contributed by atoms with E-state index in [0.717, 1.165) is 12.1 Å². The second-order valence-electron chi connectivity index (χ2n) is 5.23. The molecule has 124 valence electrons. The van der Waals surface area contributed by atoms with Crippen molar-refractivity contribution in [2.45, 2.75) is 27.2 Å². The van der Waals surface area contributed by atoms with Crippen molar-refractivity contribution in [2.24, 2.45) is 0 Å². The van der Waals surface area contributed by atoms with Gasteiger partial charge in [0.2, 0.25) is 5.69 Å². The van der Waals surface area contributed by atoms with Crippen molar-refractivity contribution < 1.29 is 14.1 Å². The molecule has 1 aromatic carbocycles. The molecule has 1 N–H and O–H groups in total. The maximum absolute atomic E-state index is 12.1. The third-order valence-corrected chi connectivity index (χ3v) is 3.51. The van der Waals surface area contributed by atoms with E-state index in [4.69, 9.17) is 9.26 Å². The molecule has 0 saturated heterocycles. The predicted octanol–water partition coefficient (Wildman–Crippen LogP) is 3.41. The number of ether oxygens (including phenoxy) is 1. The Hall–Kier alpha value is -2.96. The van der Waals surface area contributed by atoms with Crippen LogP contribution in [-0.4, -0.2) is 27.7 Å². The topological polar surface area (TPSA) is 90.1 Å². The van der Waals surface area contributed by atoms with Gasteiger partial charge in [-0.25, -0.2) is 9.78 Å². The molecule has 0 aliphatic rings. The SMILES string of the molecule is CCOC(=O)c1noc2nc(C)nc(Nc3cccc(CC)c3)c12. The van der Waals surface area contributed by atoms with E-state index < -0.39 is 5.97 Å². The van der Waals surface area contributed by atoms with Crippen LogP contribution in [0.15, 0.2) is 28.8 Å². The van der Waals surface area contributed by atoms with E-state index >= 15 is 0 Å². The van der Waals surface area contributed by atoms with Gasteiger partial charge in [0, 0.05) is 5.69 Å². The minimum atomic E-state index is -0.561. The molecule has 0 radical (unpaired) electrons. The molecule has 3 rings (SSSR count). The summed E-state index contributed by atoms with van der Waals surface area (Å²) in [6.45, 7) is 5.82. The first-order valence-corrected chi connectivity index (χ1v) is 7.79. The molecule has 0 saturated carbocycles. The molecule has 2 heterocycles. The van der Waals surface area contributed by atoms with Crippen molar-refractivity contribution in [3.8, 4) is 0 Å². The zero-order valence-electron chi connectivity index (χ0n) is 13.8. The molecule has 0 aliphatic carbocycles. The van der Waals surface area contributed by atoms with Crippen LogP contribution in [0.5, 0.6) is 0 Å². The van der Waals surface area contributed by atoms with Gasteiger partial charge in [-0.15, -0.1) is 0 Å². The van der Waals surface area contributed by atoms with E-state index in [-0.39, 0.29) is 18.0 Å². The number of anilines is 2. The lowest BCUT2D eigenvalue weighted by Crippen LogP contribution is -2.07. The Morgan fingerprint density at radius 2 is 2.12 bits per heavy atom. The van der Waals surface area contributed by atoms with Crippen LogP contribution < -0.4 is 5.32 Å². The number of aromatic nitrogens is 3. The molecule has 0 bridgehead atoms. The third-order valence-electron chi connectivity index (χ3n) is 3.51. The monoisotopic (exact) mass is 326 g/mol. The number of aryl methyl sites for hydroxylation is 2. The van der Waals surface area contributed by atoms with Crippen LogP contribution in [0.3, 0.4) is 0 Å². The molecule has 0 amide bonds. The molecule has 7 heteroatoms. The standard InChI is InChI=1S/C17H18N4O3/c1-4-11-7-6-8-12(9-11)20-15-13-14(17(22)23-5-2)21-24-16(13)19-10(3)18-15/h6-9H,4-5H2,1-3H3,(H,18,19,20). The van der Waals surface area contributed by atoms with Crippen LogP contribution in [0.2, 0.25) is 0 Å². The number of rotatable bonds is 5. The Balaban J connectivity index is 2.08. The highest BCUT2D eigenvalue weighted by atomic mass is 16.5. The normalized spacial score (nSPS) is 10.8.